The molecule has 0 saturated carbocycles. The lowest BCUT2D eigenvalue weighted by atomic mass is 10.1. The summed E-state index contributed by atoms with van der Waals surface area (Å²) in [5.41, 5.74) is 1.45. The van der Waals surface area contributed by atoms with E-state index in [2.05, 4.69) is 5.10 Å². The summed E-state index contributed by atoms with van der Waals surface area (Å²) in [6.45, 7) is 0. The molecule has 0 unspecified atom stereocenters. The van der Waals surface area contributed by atoms with Crippen molar-refractivity contribution in [2.24, 2.45) is 0 Å². The molecule has 1 aromatic carbocycles. The van der Waals surface area contributed by atoms with Crippen molar-refractivity contribution in [2.75, 3.05) is 0 Å². The topological polar surface area (TPSA) is 58.7 Å². The molecule has 0 amide bonds. The van der Waals surface area contributed by atoms with Gasteiger partial charge in [0.25, 0.3) is 0 Å². The van der Waals surface area contributed by atoms with Crippen LogP contribution in [0.5, 0.6) is 0 Å². The molecule has 1 heterocycles. The summed E-state index contributed by atoms with van der Waals surface area (Å²) in [6, 6.07) is 11.5. The molecule has 0 N–H and O–H groups in total. The lowest BCUT2D eigenvalue weighted by Gasteiger charge is -1.98. The van der Waals surface area contributed by atoms with Crippen LogP contribution in [0.3, 0.4) is 0 Å². The van der Waals surface area contributed by atoms with Gasteiger partial charge in [0.1, 0.15) is 0 Å². The highest BCUT2D eigenvalue weighted by Crippen LogP contribution is 2.09. The normalized spacial score (nSPS) is 9.82. The molecule has 0 atom stereocenters. The summed E-state index contributed by atoms with van der Waals surface area (Å²) in [7, 11) is 0. The zero-order valence-electron chi connectivity index (χ0n) is 9.21. The fourth-order valence-electron chi connectivity index (χ4n) is 1.50. The number of hydrogen-bond donors (Lipinski definition) is 0. The highest BCUT2D eigenvalue weighted by Gasteiger charge is 2.08. The number of para-hydroxylation sites is 1. The van der Waals surface area contributed by atoms with E-state index in [4.69, 9.17) is 5.26 Å². The molecule has 17 heavy (non-hydrogen) atoms. The molecule has 0 fully saturated rings. The zero-order chi connectivity index (χ0) is 12.1. The van der Waals surface area contributed by atoms with E-state index in [1.807, 2.05) is 36.4 Å². The first-order valence-electron chi connectivity index (χ1n) is 5.31. The SMILES string of the molecule is N#CCCC(=O)c1cnn(-c2ccccc2)c1. The van der Waals surface area contributed by atoms with Crippen molar-refractivity contribution < 1.29 is 4.79 Å². The van der Waals surface area contributed by atoms with E-state index in [0.29, 0.717) is 5.56 Å². The second kappa shape index (κ2) is 5.08. The minimum absolute atomic E-state index is 0.0475. The number of hydrogen-bond acceptors (Lipinski definition) is 3. The van der Waals surface area contributed by atoms with E-state index >= 15 is 0 Å². The second-order valence-electron chi connectivity index (χ2n) is 3.59. The van der Waals surface area contributed by atoms with Gasteiger partial charge in [-0.3, -0.25) is 4.79 Å². The summed E-state index contributed by atoms with van der Waals surface area (Å²) in [5, 5.41) is 12.6. The number of benzene rings is 1. The number of aromatic nitrogens is 2. The number of carbonyl (C=O) groups is 1. The van der Waals surface area contributed by atoms with Crippen LogP contribution in [0.25, 0.3) is 5.69 Å². The Morgan fingerprint density at radius 1 is 1.35 bits per heavy atom. The maximum absolute atomic E-state index is 11.6. The molecule has 0 aliphatic rings. The van der Waals surface area contributed by atoms with Crippen LogP contribution < -0.4 is 0 Å². The minimum Gasteiger partial charge on any atom is -0.294 e. The molecular weight excluding hydrogens is 214 g/mol. The average Bonchev–Trinajstić information content (AvgIpc) is 2.86. The minimum atomic E-state index is -0.0475. The molecule has 4 nitrogen and oxygen atoms in total. The van der Waals surface area contributed by atoms with E-state index in [9.17, 15) is 4.79 Å². The van der Waals surface area contributed by atoms with Gasteiger partial charge in [0, 0.05) is 19.0 Å². The van der Waals surface area contributed by atoms with Gasteiger partial charge < -0.3 is 0 Å². The van der Waals surface area contributed by atoms with Crippen molar-refractivity contribution >= 4 is 5.78 Å². The number of nitriles is 1. The van der Waals surface area contributed by atoms with E-state index in [-0.39, 0.29) is 18.6 Å². The lowest BCUT2D eigenvalue weighted by Crippen LogP contribution is -1.97. The number of nitrogens with zero attached hydrogens (tertiary/aromatic N) is 3. The van der Waals surface area contributed by atoms with Gasteiger partial charge in [-0.15, -0.1) is 0 Å². The van der Waals surface area contributed by atoms with Crippen LogP contribution in [-0.4, -0.2) is 15.6 Å². The smallest absolute Gasteiger partial charge is 0.167 e. The largest absolute Gasteiger partial charge is 0.294 e. The lowest BCUT2D eigenvalue weighted by molar-refractivity contribution is 0.0984. The Balaban J connectivity index is 2.17. The zero-order valence-corrected chi connectivity index (χ0v) is 9.21. The predicted octanol–water partition coefficient (Wildman–Crippen LogP) is 2.36. The van der Waals surface area contributed by atoms with E-state index < -0.39 is 0 Å². The first kappa shape index (κ1) is 11.1. The Hall–Kier alpha value is -2.41. The van der Waals surface area contributed by atoms with Gasteiger partial charge in [-0.1, -0.05) is 18.2 Å². The Labute approximate surface area is 99.1 Å². The molecule has 0 aliphatic carbocycles. The summed E-state index contributed by atoms with van der Waals surface area (Å²) >= 11 is 0. The van der Waals surface area contributed by atoms with E-state index in [1.165, 1.54) is 6.20 Å². The standard InChI is InChI=1S/C13H11N3O/c14-8-4-7-13(17)11-9-15-16(10-11)12-5-2-1-3-6-12/h1-3,5-6,9-10H,4,7H2. The summed E-state index contributed by atoms with van der Waals surface area (Å²) in [4.78, 5) is 11.6. The third-order valence-electron chi connectivity index (χ3n) is 2.39. The van der Waals surface area contributed by atoms with Gasteiger partial charge >= 0.3 is 0 Å². The average molecular weight is 225 g/mol. The third-order valence-corrected chi connectivity index (χ3v) is 2.39. The Morgan fingerprint density at radius 3 is 2.82 bits per heavy atom. The van der Waals surface area contributed by atoms with Crippen LogP contribution >= 0.6 is 0 Å². The van der Waals surface area contributed by atoms with E-state index in [0.717, 1.165) is 5.69 Å². The molecule has 0 aliphatic heterocycles. The second-order valence-corrected chi connectivity index (χ2v) is 3.59. The van der Waals surface area contributed by atoms with Gasteiger partial charge in [0.05, 0.1) is 23.5 Å². The maximum atomic E-state index is 11.6. The molecule has 2 aromatic rings. The fraction of sp³-hybridized carbons (Fsp3) is 0.154. The summed E-state index contributed by atoms with van der Waals surface area (Å²) in [6.07, 6.45) is 3.72. The highest BCUT2D eigenvalue weighted by molar-refractivity contribution is 5.95. The Kier molecular flexibility index (Phi) is 3.31. The highest BCUT2D eigenvalue weighted by atomic mass is 16.1. The van der Waals surface area contributed by atoms with Crippen LogP contribution in [0.1, 0.15) is 23.2 Å². The molecular formula is C13H11N3O. The predicted molar refractivity (Wildman–Crippen MR) is 62.7 cm³/mol. The third kappa shape index (κ3) is 2.58. The van der Waals surface area contributed by atoms with Gasteiger partial charge in [-0.2, -0.15) is 10.4 Å². The Bertz CT molecular complexity index is 552. The summed E-state index contributed by atoms with van der Waals surface area (Å²) < 4.78 is 1.65. The quantitative estimate of drug-likeness (QED) is 0.750. The van der Waals surface area contributed by atoms with Crippen molar-refractivity contribution in [3.63, 3.8) is 0 Å². The van der Waals surface area contributed by atoms with Crippen LogP contribution in [0.4, 0.5) is 0 Å². The molecule has 0 bridgehead atoms. The maximum Gasteiger partial charge on any atom is 0.167 e. The fourth-order valence-corrected chi connectivity index (χ4v) is 1.50. The van der Waals surface area contributed by atoms with Crippen LogP contribution in [0, 0.1) is 11.3 Å². The molecule has 0 saturated heterocycles. The van der Waals surface area contributed by atoms with Crippen molar-refractivity contribution in [1.29, 1.82) is 5.26 Å². The van der Waals surface area contributed by atoms with Gasteiger partial charge in [-0.25, -0.2) is 4.68 Å². The van der Waals surface area contributed by atoms with Gasteiger partial charge in [-0.05, 0) is 12.1 Å². The monoisotopic (exact) mass is 225 g/mol. The van der Waals surface area contributed by atoms with Gasteiger partial charge in [0.2, 0.25) is 0 Å². The molecule has 2 rings (SSSR count). The van der Waals surface area contributed by atoms with E-state index in [1.54, 1.807) is 10.9 Å². The number of rotatable bonds is 4. The molecule has 0 spiro atoms. The number of carbonyl (C=O) groups excluding carboxylic acids is 1. The number of Topliss-reactive ketones (excluding diaryl/α,β-unsaturated/α-hetero) is 1. The van der Waals surface area contributed by atoms with Crippen LogP contribution in [0.2, 0.25) is 0 Å². The van der Waals surface area contributed by atoms with Crippen molar-refractivity contribution in [2.45, 2.75) is 12.8 Å². The van der Waals surface area contributed by atoms with Crippen molar-refractivity contribution in [3.05, 3.63) is 48.3 Å². The van der Waals surface area contributed by atoms with Crippen molar-refractivity contribution in [3.8, 4) is 11.8 Å². The molecule has 0 radical (unpaired) electrons. The van der Waals surface area contributed by atoms with Crippen LogP contribution in [0.15, 0.2) is 42.7 Å². The van der Waals surface area contributed by atoms with Crippen molar-refractivity contribution in [1.82, 2.24) is 9.78 Å². The van der Waals surface area contributed by atoms with Gasteiger partial charge in [0.15, 0.2) is 5.78 Å². The summed E-state index contributed by atoms with van der Waals surface area (Å²) in [5.74, 6) is -0.0475. The number of ketones is 1. The molecule has 4 heteroatoms. The first-order chi connectivity index (χ1) is 8.31. The Morgan fingerprint density at radius 2 is 2.12 bits per heavy atom. The molecule has 1 aromatic heterocycles. The molecule has 84 valence electrons. The van der Waals surface area contributed by atoms with Crippen LogP contribution in [-0.2, 0) is 0 Å². The first-order valence-corrected chi connectivity index (χ1v) is 5.31.